The van der Waals surface area contributed by atoms with E-state index in [1.807, 2.05) is 12.1 Å². The van der Waals surface area contributed by atoms with Gasteiger partial charge in [0, 0.05) is 0 Å². The highest BCUT2D eigenvalue weighted by atomic mass is 16.5. The third-order valence-electron chi connectivity index (χ3n) is 2.47. The topological polar surface area (TPSA) is 21.3 Å². The minimum absolute atomic E-state index is 0.494. The van der Waals surface area contributed by atoms with Gasteiger partial charge in [0.05, 0.1) is 8.48 Å². The first kappa shape index (κ1) is 7.39. The van der Waals surface area contributed by atoms with Crippen LogP contribution in [0.1, 0.15) is 12.5 Å². The first-order valence-electron chi connectivity index (χ1n) is 5.18. The lowest BCUT2D eigenvalue weighted by Gasteiger charge is -2.06. The monoisotopic (exact) mass is 178 g/mol. The summed E-state index contributed by atoms with van der Waals surface area (Å²) in [6.45, 7) is 2.03. The van der Waals surface area contributed by atoms with Crippen LogP contribution in [0.2, 0.25) is 0 Å². The first-order chi connectivity index (χ1) is 6.81. The van der Waals surface area contributed by atoms with Gasteiger partial charge in [-0.2, -0.15) is 0 Å². The molecule has 0 atom stereocenters. The molecule has 0 unspecified atom stereocenters. The molecule has 2 heteroatoms. The van der Waals surface area contributed by atoms with Gasteiger partial charge in [-0.05, 0) is 49.2 Å². The number of hydrogen-bond donors (Lipinski definition) is 1. The van der Waals surface area contributed by atoms with Gasteiger partial charge < -0.3 is 10.1 Å². The molecule has 0 aromatic heterocycles. The van der Waals surface area contributed by atoms with Crippen molar-refractivity contribution in [3.63, 3.8) is 0 Å². The number of ether oxygens (including phenoxy) is 1. The van der Waals surface area contributed by atoms with Crippen molar-refractivity contribution >= 4 is 0 Å². The Hall–Kier alpha value is -1.02. The van der Waals surface area contributed by atoms with Crippen LogP contribution >= 0.6 is 0 Å². The third kappa shape index (κ3) is 1.83. The van der Waals surface area contributed by atoms with Gasteiger partial charge in [0.1, 0.15) is 5.75 Å². The SMILES string of the molecule is [2H]c1cc2c(cc1OC)CCNCC2. The molecule has 0 spiro atoms. The Labute approximate surface area is 80.3 Å². The Kier molecular flexibility index (Phi) is 2.16. The number of methoxy groups -OCH3 is 1. The Morgan fingerprint density at radius 3 is 2.92 bits per heavy atom. The van der Waals surface area contributed by atoms with Gasteiger partial charge in [0.2, 0.25) is 0 Å². The predicted molar refractivity (Wildman–Crippen MR) is 53.3 cm³/mol. The number of fused-ring (bicyclic) bond motifs is 1. The largest absolute Gasteiger partial charge is 0.497 e. The second-order valence-corrected chi connectivity index (χ2v) is 3.30. The van der Waals surface area contributed by atoms with E-state index in [0.717, 1.165) is 25.9 Å². The van der Waals surface area contributed by atoms with Crippen LogP contribution in [0.15, 0.2) is 18.2 Å². The van der Waals surface area contributed by atoms with Crippen molar-refractivity contribution in [3.05, 3.63) is 29.3 Å². The summed E-state index contributed by atoms with van der Waals surface area (Å²) in [6, 6.07) is 4.43. The Morgan fingerprint density at radius 1 is 1.38 bits per heavy atom. The molecule has 1 aromatic rings. The molecule has 0 fully saturated rings. The minimum atomic E-state index is 0.494. The molecular formula is C11H15NO. The Balaban J connectivity index is 2.41. The molecule has 0 aliphatic carbocycles. The summed E-state index contributed by atoms with van der Waals surface area (Å²) in [6.07, 6.45) is 2.05. The molecule has 2 rings (SSSR count). The quantitative estimate of drug-likeness (QED) is 0.701. The van der Waals surface area contributed by atoms with E-state index in [1.165, 1.54) is 11.1 Å². The zero-order valence-corrected chi connectivity index (χ0v) is 7.89. The maximum Gasteiger partial charge on any atom is 0.119 e. The summed E-state index contributed by atoms with van der Waals surface area (Å²) in [4.78, 5) is 0. The minimum Gasteiger partial charge on any atom is -0.497 e. The lowest BCUT2D eigenvalue weighted by Crippen LogP contribution is -2.16. The fourth-order valence-corrected chi connectivity index (χ4v) is 1.70. The highest BCUT2D eigenvalue weighted by Gasteiger charge is 2.07. The molecular weight excluding hydrogens is 162 g/mol. The summed E-state index contributed by atoms with van der Waals surface area (Å²) >= 11 is 0. The van der Waals surface area contributed by atoms with Gasteiger partial charge in [-0.25, -0.2) is 0 Å². The molecule has 1 aliphatic rings. The van der Waals surface area contributed by atoms with E-state index in [1.54, 1.807) is 7.11 Å². The molecule has 0 saturated heterocycles. The van der Waals surface area contributed by atoms with Crippen LogP contribution in [-0.2, 0) is 12.8 Å². The maximum atomic E-state index is 7.74. The molecule has 1 aliphatic heterocycles. The number of rotatable bonds is 1. The average Bonchev–Trinajstić information content (AvgIpc) is 2.41. The maximum absolute atomic E-state index is 7.74. The fraction of sp³-hybridized carbons (Fsp3) is 0.455. The standard InChI is InChI=1S/C11H15NO/c1-13-11-3-2-9-4-6-12-7-5-10(9)8-11/h2-3,8,12H,4-7H2,1H3/i3D. The molecule has 1 aromatic carbocycles. The van der Waals surface area contributed by atoms with E-state index >= 15 is 0 Å². The smallest absolute Gasteiger partial charge is 0.119 e. The normalized spacial score (nSPS) is 17.2. The molecule has 0 radical (unpaired) electrons. The highest BCUT2D eigenvalue weighted by Crippen LogP contribution is 2.19. The van der Waals surface area contributed by atoms with Crippen LogP contribution in [0.4, 0.5) is 0 Å². The third-order valence-corrected chi connectivity index (χ3v) is 2.47. The van der Waals surface area contributed by atoms with Crippen molar-refractivity contribution in [2.24, 2.45) is 0 Å². The zero-order chi connectivity index (χ0) is 9.97. The van der Waals surface area contributed by atoms with Crippen LogP contribution in [0, 0.1) is 0 Å². The molecule has 0 bridgehead atoms. The van der Waals surface area contributed by atoms with Gasteiger partial charge >= 0.3 is 0 Å². The first-order valence-corrected chi connectivity index (χ1v) is 4.68. The zero-order valence-electron chi connectivity index (χ0n) is 8.89. The summed E-state index contributed by atoms with van der Waals surface area (Å²) in [5, 5.41) is 3.35. The summed E-state index contributed by atoms with van der Waals surface area (Å²) < 4.78 is 12.9. The van der Waals surface area contributed by atoms with Gasteiger partial charge in [-0.15, -0.1) is 0 Å². The van der Waals surface area contributed by atoms with E-state index in [0.29, 0.717) is 11.8 Å². The van der Waals surface area contributed by atoms with Gasteiger partial charge in [0.15, 0.2) is 0 Å². The van der Waals surface area contributed by atoms with Crippen molar-refractivity contribution in [2.75, 3.05) is 20.2 Å². The molecule has 13 heavy (non-hydrogen) atoms. The average molecular weight is 178 g/mol. The number of hydrogen-bond acceptors (Lipinski definition) is 2. The molecule has 1 N–H and O–H groups in total. The molecule has 0 saturated carbocycles. The Bertz CT molecular complexity index is 338. The van der Waals surface area contributed by atoms with Crippen LogP contribution < -0.4 is 10.1 Å². The van der Waals surface area contributed by atoms with E-state index < -0.39 is 0 Å². The van der Waals surface area contributed by atoms with Gasteiger partial charge in [-0.3, -0.25) is 0 Å². The molecule has 70 valence electrons. The van der Waals surface area contributed by atoms with Crippen LogP contribution in [0.3, 0.4) is 0 Å². The summed E-state index contributed by atoms with van der Waals surface area (Å²) in [7, 11) is 1.62. The van der Waals surface area contributed by atoms with E-state index in [9.17, 15) is 0 Å². The summed E-state index contributed by atoms with van der Waals surface area (Å²) in [5.74, 6) is 0.686. The van der Waals surface area contributed by atoms with E-state index in [4.69, 9.17) is 6.11 Å². The second kappa shape index (κ2) is 3.79. The van der Waals surface area contributed by atoms with Crippen LogP contribution in [0.25, 0.3) is 0 Å². The number of benzene rings is 1. The Morgan fingerprint density at radius 2 is 2.15 bits per heavy atom. The number of nitrogens with one attached hydrogen (secondary N) is 1. The van der Waals surface area contributed by atoms with Crippen molar-refractivity contribution in [1.82, 2.24) is 5.32 Å². The molecule has 1 heterocycles. The highest BCUT2D eigenvalue weighted by molar-refractivity contribution is 5.36. The summed E-state index contributed by atoms with van der Waals surface area (Å²) in [5.41, 5.74) is 2.61. The van der Waals surface area contributed by atoms with Crippen molar-refractivity contribution < 1.29 is 6.11 Å². The lowest BCUT2D eigenvalue weighted by atomic mass is 10.0. The van der Waals surface area contributed by atoms with Crippen molar-refractivity contribution in [2.45, 2.75) is 12.8 Å². The second-order valence-electron chi connectivity index (χ2n) is 3.30. The van der Waals surface area contributed by atoms with Crippen molar-refractivity contribution in [3.8, 4) is 5.75 Å². The van der Waals surface area contributed by atoms with E-state index in [-0.39, 0.29) is 0 Å². The fourth-order valence-electron chi connectivity index (χ4n) is 1.70. The lowest BCUT2D eigenvalue weighted by molar-refractivity contribution is 0.414. The van der Waals surface area contributed by atoms with Crippen molar-refractivity contribution in [1.29, 1.82) is 0 Å². The molecule has 2 nitrogen and oxygen atoms in total. The van der Waals surface area contributed by atoms with Crippen LogP contribution in [0.5, 0.6) is 5.75 Å². The molecule has 0 amide bonds. The van der Waals surface area contributed by atoms with Gasteiger partial charge in [0.25, 0.3) is 0 Å². The predicted octanol–water partition coefficient (Wildman–Crippen LogP) is 1.38. The van der Waals surface area contributed by atoms with Crippen LogP contribution in [-0.4, -0.2) is 20.2 Å². The van der Waals surface area contributed by atoms with E-state index in [2.05, 4.69) is 5.32 Å². The van der Waals surface area contributed by atoms with Gasteiger partial charge in [-0.1, -0.05) is 6.07 Å².